The van der Waals surface area contributed by atoms with E-state index < -0.39 is 11.8 Å². The second-order valence-corrected chi connectivity index (χ2v) is 7.48. The molecule has 0 spiro atoms. The van der Waals surface area contributed by atoms with Gasteiger partial charge in [0, 0.05) is 21.1 Å². The first-order chi connectivity index (χ1) is 15.0. The average molecular weight is 451 g/mol. The van der Waals surface area contributed by atoms with Gasteiger partial charge in [0.05, 0.1) is 6.26 Å². The van der Waals surface area contributed by atoms with Crippen LogP contribution in [0.25, 0.3) is 16.8 Å². The summed E-state index contributed by atoms with van der Waals surface area (Å²) in [5.74, 6) is -0.997. The molecule has 2 N–H and O–H groups in total. The van der Waals surface area contributed by atoms with E-state index >= 15 is 0 Å². The summed E-state index contributed by atoms with van der Waals surface area (Å²) >= 11 is 12.2. The van der Waals surface area contributed by atoms with Crippen molar-refractivity contribution in [2.45, 2.75) is 0 Å². The van der Waals surface area contributed by atoms with Crippen LogP contribution in [0.3, 0.4) is 0 Å². The standard InChI is InChI=1S/C24H16Cl2N2O3/c25-17-11-10-16(19(26)14-17)13-21(28-24(30)22-9-4-12-31-22)23(29)27-20-8-3-6-15-5-1-2-7-18(15)20/h1-14H,(H,27,29)(H,28,30)/b21-13-. The summed E-state index contributed by atoms with van der Waals surface area (Å²) in [5.41, 5.74) is 1.14. The van der Waals surface area contributed by atoms with Crippen LogP contribution in [0.1, 0.15) is 16.1 Å². The van der Waals surface area contributed by atoms with E-state index in [9.17, 15) is 9.59 Å². The van der Waals surface area contributed by atoms with Gasteiger partial charge in [-0.15, -0.1) is 0 Å². The number of amides is 2. The monoisotopic (exact) mass is 450 g/mol. The Balaban J connectivity index is 1.69. The van der Waals surface area contributed by atoms with Gasteiger partial charge in [0.1, 0.15) is 5.70 Å². The van der Waals surface area contributed by atoms with Crippen LogP contribution < -0.4 is 10.6 Å². The summed E-state index contributed by atoms with van der Waals surface area (Å²) in [5, 5.41) is 8.12. The molecule has 0 fully saturated rings. The van der Waals surface area contributed by atoms with Gasteiger partial charge in [-0.25, -0.2) is 0 Å². The lowest BCUT2D eigenvalue weighted by Gasteiger charge is -2.12. The molecule has 7 heteroatoms. The fraction of sp³-hybridized carbons (Fsp3) is 0. The van der Waals surface area contributed by atoms with Crippen LogP contribution in [-0.4, -0.2) is 11.8 Å². The highest BCUT2D eigenvalue weighted by molar-refractivity contribution is 6.35. The highest BCUT2D eigenvalue weighted by Gasteiger charge is 2.18. The normalized spacial score (nSPS) is 11.4. The van der Waals surface area contributed by atoms with Crippen molar-refractivity contribution in [2.24, 2.45) is 0 Å². The molecular formula is C24H16Cl2N2O3. The molecular weight excluding hydrogens is 435 g/mol. The molecule has 4 rings (SSSR count). The molecule has 154 valence electrons. The zero-order valence-electron chi connectivity index (χ0n) is 16.1. The van der Waals surface area contributed by atoms with Crippen molar-refractivity contribution in [3.05, 3.63) is 106 Å². The van der Waals surface area contributed by atoms with Crippen LogP contribution in [-0.2, 0) is 4.79 Å². The first-order valence-corrected chi connectivity index (χ1v) is 10.1. The molecule has 1 heterocycles. The molecule has 3 aromatic carbocycles. The summed E-state index contributed by atoms with van der Waals surface area (Å²) in [4.78, 5) is 25.7. The highest BCUT2D eigenvalue weighted by Crippen LogP contribution is 2.25. The Hall–Kier alpha value is -3.54. The molecule has 0 atom stereocenters. The van der Waals surface area contributed by atoms with Crippen molar-refractivity contribution in [2.75, 3.05) is 5.32 Å². The maximum atomic E-state index is 13.2. The summed E-state index contributed by atoms with van der Waals surface area (Å²) < 4.78 is 5.13. The van der Waals surface area contributed by atoms with Gasteiger partial charge in [0.2, 0.25) is 0 Å². The number of hydrogen-bond acceptors (Lipinski definition) is 3. The van der Waals surface area contributed by atoms with Gasteiger partial charge < -0.3 is 15.1 Å². The fourth-order valence-corrected chi connectivity index (χ4v) is 3.51. The number of hydrogen-bond donors (Lipinski definition) is 2. The Morgan fingerprint density at radius 1 is 0.903 bits per heavy atom. The van der Waals surface area contributed by atoms with E-state index in [-0.39, 0.29) is 11.5 Å². The zero-order chi connectivity index (χ0) is 21.8. The number of benzene rings is 3. The Kier molecular flexibility index (Phi) is 6.07. The third-order valence-corrected chi connectivity index (χ3v) is 5.10. The van der Waals surface area contributed by atoms with Crippen molar-refractivity contribution in [3.63, 3.8) is 0 Å². The third kappa shape index (κ3) is 4.79. The number of anilines is 1. The van der Waals surface area contributed by atoms with Crippen molar-refractivity contribution in [1.82, 2.24) is 5.32 Å². The molecule has 0 aliphatic carbocycles. The van der Waals surface area contributed by atoms with Crippen molar-refractivity contribution in [1.29, 1.82) is 0 Å². The molecule has 0 saturated carbocycles. The number of furan rings is 1. The molecule has 0 radical (unpaired) electrons. The van der Waals surface area contributed by atoms with Crippen LogP contribution in [0.15, 0.2) is 89.2 Å². The average Bonchev–Trinajstić information content (AvgIpc) is 3.30. The lowest BCUT2D eigenvalue weighted by atomic mass is 10.1. The van der Waals surface area contributed by atoms with E-state index in [0.29, 0.717) is 21.3 Å². The molecule has 2 amide bonds. The number of rotatable bonds is 5. The Morgan fingerprint density at radius 3 is 2.48 bits per heavy atom. The van der Waals surface area contributed by atoms with Crippen LogP contribution in [0.5, 0.6) is 0 Å². The van der Waals surface area contributed by atoms with E-state index in [1.807, 2.05) is 36.4 Å². The predicted octanol–water partition coefficient (Wildman–Crippen LogP) is 6.15. The topological polar surface area (TPSA) is 71.3 Å². The molecule has 0 aliphatic heterocycles. The number of fused-ring (bicyclic) bond motifs is 1. The zero-order valence-corrected chi connectivity index (χ0v) is 17.6. The van der Waals surface area contributed by atoms with Crippen LogP contribution in [0, 0.1) is 0 Å². The van der Waals surface area contributed by atoms with Crippen molar-refractivity contribution in [3.8, 4) is 0 Å². The summed E-state index contributed by atoms with van der Waals surface area (Å²) in [6.45, 7) is 0. The summed E-state index contributed by atoms with van der Waals surface area (Å²) in [7, 11) is 0. The van der Waals surface area contributed by atoms with Crippen molar-refractivity contribution < 1.29 is 14.0 Å². The molecule has 31 heavy (non-hydrogen) atoms. The number of carbonyl (C=O) groups is 2. The van der Waals surface area contributed by atoms with E-state index in [1.54, 1.807) is 30.3 Å². The van der Waals surface area contributed by atoms with Crippen molar-refractivity contribution >= 4 is 57.6 Å². The minimum Gasteiger partial charge on any atom is -0.459 e. The minimum atomic E-state index is -0.561. The minimum absolute atomic E-state index is 0.00134. The smallest absolute Gasteiger partial charge is 0.291 e. The molecule has 4 aromatic rings. The quantitative estimate of drug-likeness (QED) is 0.358. The molecule has 0 aliphatic rings. The maximum Gasteiger partial charge on any atom is 0.291 e. The Bertz CT molecular complexity index is 1290. The maximum absolute atomic E-state index is 13.2. The van der Waals surface area contributed by atoms with E-state index in [4.69, 9.17) is 27.6 Å². The molecule has 1 aromatic heterocycles. The van der Waals surface area contributed by atoms with Gasteiger partial charge in [-0.3, -0.25) is 9.59 Å². The van der Waals surface area contributed by atoms with Crippen LogP contribution >= 0.6 is 23.2 Å². The second-order valence-electron chi connectivity index (χ2n) is 6.64. The second kappa shape index (κ2) is 9.08. The summed E-state index contributed by atoms with van der Waals surface area (Å²) in [6, 6.07) is 21.2. The first-order valence-electron chi connectivity index (χ1n) is 9.32. The van der Waals surface area contributed by atoms with E-state index in [1.165, 1.54) is 18.4 Å². The largest absolute Gasteiger partial charge is 0.459 e. The lowest BCUT2D eigenvalue weighted by Crippen LogP contribution is -2.30. The van der Waals surface area contributed by atoms with Crippen LogP contribution in [0.2, 0.25) is 10.0 Å². The molecule has 0 unspecified atom stereocenters. The highest BCUT2D eigenvalue weighted by atomic mass is 35.5. The third-order valence-electron chi connectivity index (χ3n) is 4.54. The lowest BCUT2D eigenvalue weighted by molar-refractivity contribution is -0.113. The van der Waals surface area contributed by atoms with Gasteiger partial charge in [0.15, 0.2) is 5.76 Å². The Labute approximate surface area is 188 Å². The van der Waals surface area contributed by atoms with E-state index in [0.717, 1.165) is 10.8 Å². The van der Waals surface area contributed by atoms with Gasteiger partial charge in [0.25, 0.3) is 11.8 Å². The van der Waals surface area contributed by atoms with Crippen LogP contribution in [0.4, 0.5) is 5.69 Å². The number of halogens is 2. The SMILES string of the molecule is O=C(Nc1cccc2ccccc12)/C(=C/c1ccc(Cl)cc1Cl)NC(=O)c1ccco1. The van der Waals surface area contributed by atoms with Gasteiger partial charge >= 0.3 is 0 Å². The molecule has 0 bridgehead atoms. The first kappa shape index (κ1) is 20.7. The van der Waals surface area contributed by atoms with Gasteiger partial charge in [-0.2, -0.15) is 0 Å². The fourth-order valence-electron chi connectivity index (χ4n) is 3.05. The Morgan fingerprint density at radius 2 is 1.71 bits per heavy atom. The summed E-state index contributed by atoms with van der Waals surface area (Å²) in [6.07, 6.45) is 2.87. The molecule has 5 nitrogen and oxygen atoms in total. The molecule has 0 saturated heterocycles. The predicted molar refractivity (Wildman–Crippen MR) is 123 cm³/mol. The number of carbonyl (C=O) groups excluding carboxylic acids is 2. The van der Waals surface area contributed by atoms with E-state index in [2.05, 4.69) is 10.6 Å². The van der Waals surface area contributed by atoms with Gasteiger partial charge in [-0.05, 0) is 47.4 Å². The van der Waals surface area contributed by atoms with Gasteiger partial charge in [-0.1, -0.05) is 65.7 Å². The number of nitrogens with one attached hydrogen (secondary N) is 2.